The summed E-state index contributed by atoms with van der Waals surface area (Å²) in [6, 6.07) is 15.0. The molecule has 2 aromatic carbocycles. The molecule has 0 spiro atoms. The van der Waals surface area contributed by atoms with Gasteiger partial charge >= 0.3 is 7.68 Å². The highest BCUT2D eigenvalue weighted by molar-refractivity contribution is 7.53. The average molecular weight is 434 g/mol. The highest BCUT2D eigenvalue weighted by atomic mass is 31.2. The first-order valence-corrected chi connectivity index (χ1v) is 11.8. The molecule has 1 amide bonds. The van der Waals surface area contributed by atoms with Crippen LogP contribution in [0, 0.1) is 0 Å². The van der Waals surface area contributed by atoms with Gasteiger partial charge in [-0.25, -0.2) is 0 Å². The van der Waals surface area contributed by atoms with Gasteiger partial charge in [0, 0.05) is 37.4 Å². The summed E-state index contributed by atoms with van der Waals surface area (Å²) in [7, 11) is -2.39. The highest BCUT2D eigenvalue weighted by Crippen LogP contribution is 2.48. The Bertz CT molecular complexity index is 881. The van der Waals surface area contributed by atoms with Gasteiger partial charge in [0.25, 0.3) is 5.91 Å². The number of halogens is 1. The molecule has 6 nitrogen and oxygen atoms in total. The van der Waals surface area contributed by atoms with Gasteiger partial charge in [-0.15, -0.1) is 0 Å². The van der Waals surface area contributed by atoms with Crippen molar-refractivity contribution in [2.45, 2.75) is 13.3 Å². The lowest BCUT2D eigenvalue weighted by Crippen LogP contribution is -2.48. The Kier molecular flexibility index (Phi) is 7.51. The van der Waals surface area contributed by atoms with E-state index >= 15 is 0 Å². The summed E-state index contributed by atoms with van der Waals surface area (Å²) in [5.74, 6) is 0.810. The summed E-state index contributed by atoms with van der Waals surface area (Å²) in [6.45, 7) is 4.52. The van der Waals surface area contributed by atoms with Gasteiger partial charge in [0.05, 0.1) is 19.9 Å². The Balaban J connectivity index is 1.52. The van der Waals surface area contributed by atoms with Gasteiger partial charge in [0.2, 0.25) is 0 Å². The minimum absolute atomic E-state index is 0.0126. The number of piperazine rings is 1. The van der Waals surface area contributed by atoms with Crippen molar-refractivity contribution in [3.8, 4) is 5.75 Å². The number of methoxy groups -OCH3 is 1. The largest absolute Gasteiger partial charge is 0.497 e. The van der Waals surface area contributed by atoms with Crippen LogP contribution in [0.25, 0.3) is 0 Å². The summed E-state index contributed by atoms with van der Waals surface area (Å²) in [4.78, 5) is 16.9. The maximum Gasteiger partial charge on any atom is 0.367 e. The SMILES string of the molecule is CCOP(=O)(F)CCc1ccc(C(=O)N2CCN(c3ccc(OC)cc3)CC2)cc1. The topological polar surface area (TPSA) is 59.1 Å². The number of aryl methyl sites for hydroxylation is 1. The van der Waals surface area contributed by atoms with E-state index < -0.39 is 7.68 Å². The van der Waals surface area contributed by atoms with Crippen molar-refractivity contribution in [1.29, 1.82) is 0 Å². The molecule has 1 fully saturated rings. The minimum atomic E-state index is -4.03. The molecule has 0 saturated carbocycles. The van der Waals surface area contributed by atoms with Gasteiger partial charge in [-0.2, -0.15) is 4.20 Å². The molecular formula is C22H28FN2O4P. The Labute approximate surface area is 177 Å². The lowest BCUT2D eigenvalue weighted by Gasteiger charge is -2.36. The van der Waals surface area contributed by atoms with Crippen molar-refractivity contribution in [1.82, 2.24) is 4.90 Å². The number of rotatable bonds is 8. The van der Waals surface area contributed by atoms with Crippen LogP contribution in [0.4, 0.5) is 9.88 Å². The van der Waals surface area contributed by atoms with Crippen LogP contribution in [0.2, 0.25) is 0 Å². The molecule has 0 aliphatic carbocycles. The summed E-state index contributed by atoms with van der Waals surface area (Å²) in [6.07, 6.45) is 0.157. The number of ether oxygens (including phenoxy) is 1. The van der Waals surface area contributed by atoms with Crippen molar-refractivity contribution in [3.05, 3.63) is 59.7 Å². The van der Waals surface area contributed by atoms with Crippen molar-refractivity contribution in [3.63, 3.8) is 0 Å². The zero-order valence-electron chi connectivity index (χ0n) is 17.4. The molecule has 0 radical (unpaired) electrons. The summed E-state index contributed by atoms with van der Waals surface area (Å²) < 4.78 is 35.1. The molecule has 0 N–H and O–H groups in total. The van der Waals surface area contributed by atoms with Gasteiger partial charge in [-0.3, -0.25) is 9.36 Å². The van der Waals surface area contributed by atoms with E-state index in [0.29, 0.717) is 25.1 Å². The maximum absolute atomic E-state index is 13.7. The smallest absolute Gasteiger partial charge is 0.367 e. The van der Waals surface area contributed by atoms with E-state index in [9.17, 15) is 13.6 Å². The lowest BCUT2D eigenvalue weighted by molar-refractivity contribution is 0.0746. The average Bonchev–Trinajstić information content (AvgIpc) is 2.78. The molecule has 1 atom stereocenters. The number of anilines is 1. The molecule has 1 aliphatic heterocycles. The number of hydrogen-bond donors (Lipinski definition) is 0. The second-order valence-electron chi connectivity index (χ2n) is 7.16. The number of benzene rings is 2. The summed E-state index contributed by atoms with van der Waals surface area (Å²) in [5, 5.41) is 0. The Morgan fingerprint density at radius 3 is 2.23 bits per heavy atom. The molecule has 0 aromatic heterocycles. The molecule has 8 heteroatoms. The van der Waals surface area contributed by atoms with E-state index in [-0.39, 0.29) is 18.7 Å². The van der Waals surface area contributed by atoms with Gasteiger partial charge < -0.3 is 19.1 Å². The first-order chi connectivity index (χ1) is 14.4. The monoisotopic (exact) mass is 434 g/mol. The van der Waals surface area contributed by atoms with E-state index in [1.54, 1.807) is 38.3 Å². The molecule has 2 aromatic rings. The third kappa shape index (κ3) is 5.83. The van der Waals surface area contributed by atoms with Gasteiger partial charge in [-0.05, 0) is 55.3 Å². The van der Waals surface area contributed by atoms with E-state index in [2.05, 4.69) is 9.42 Å². The van der Waals surface area contributed by atoms with Gasteiger partial charge in [0.15, 0.2) is 0 Å². The van der Waals surface area contributed by atoms with Crippen LogP contribution >= 0.6 is 7.68 Å². The molecule has 1 heterocycles. The molecule has 0 bridgehead atoms. The first kappa shape index (κ1) is 22.3. The van der Waals surface area contributed by atoms with E-state index in [4.69, 9.17) is 4.74 Å². The predicted octanol–water partition coefficient (Wildman–Crippen LogP) is 4.40. The van der Waals surface area contributed by atoms with Crippen LogP contribution in [0.5, 0.6) is 5.75 Å². The van der Waals surface area contributed by atoms with Crippen molar-refractivity contribution in [2.75, 3.05) is 51.0 Å². The van der Waals surface area contributed by atoms with Crippen LogP contribution < -0.4 is 9.64 Å². The summed E-state index contributed by atoms with van der Waals surface area (Å²) in [5.41, 5.74) is 2.54. The molecule has 3 rings (SSSR count). The Morgan fingerprint density at radius 1 is 1.03 bits per heavy atom. The summed E-state index contributed by atoms with van der Waals surface area (Å²) >= 11 is 0. The number of carbonyl (C=O) groups is 1. The van der Waals surface area contributed by atoms with Crippen molar-refractivity contribution >= 4 is 19.3 Å². The van der Waals surface area contributed by atoms with Crippen LogP contribution in [0.3, 0.4) is 0 Å². The van der Waals surface area contributed by atoms with Crippen LogP contribution in [0.1, 0.15) is 22.8 Å². The van der Waals surface area contributed by atoms with Crippen LogP contribution in [-0.2, 0) is 15.5 Å². The fourth-order valence-corrected chi connectivity index (χ4v) is 4.52. The second-order valence-corrected chi connectivity index (χ2v) is 9.04. The van der Waals surface area contributed by atoms with Crippen molar-refractivity contribution < 1.29 is 22.8 Å². The zero-order valence-corrected chi connectivity index (χ0v) is 18.3. The predicted molar refractivity (Wildman–Crippen MR) is 116 cm³/mol. The molecule has 1 unspecified atom stereocenters. The van der Waals surface area contributed by atoms with E-state index in [0.717, 1.165) is 30.1 Å². The third-order valence-corrected chi connectivity index (χ3v) is 6.60. The Hall–Kier alpha value is -2.37. The number of hydrogen-bond acceptors (Lipinski definition) is 5. The molecule has 30 heavy (non-hydrogen) atoms. The van der Waals surface area contributed by atoms with E-state index in [1.807, 2.05) is 29.2 Å². The van der Waals surface area contributed by atoms with E-state index in [1.165, 1.54) is 0 Å². The minimum Gasteiger partial charge on any atom is -0.497 e. The fraction of sp³-hybridized carbons (Fsp3) is 0.409. The fourth-order valence-electron chi connectivity index (χ4n) is 3.48. The van der Waals surface area contributed by atoms with Crippen LogP contribution in [0.15, 0.2) is 48.5 Å². The molecule has 1 saturated heterocycles. The quantitative estimate of drug-likeness (QED) is 0.577. The molecule has 162 valence electrons. The Morgan fingerprint density at radius 2 is 1.67 bits per heavy atom. The highest BCUT2D eigenvalue weighted by Gasteiger charge is 2.23. The van der Waals surface area contributed by atoms with Crippen LogP contribution in [-0.4, -0.2) is 56.9 Å². The third-order valence-electron chi connectivity index (χ3n) is 5.19. The van der Waals surface area contributed by atoms with Crippen molar-refractivity contribution in [2.24, 2.45) is 0 Å². The normalized spacial score (nSPS) is 16.2. The molecule has 1 aliphatic rings. The van der Waals surface area contributed by atoms with Gasteiger partial charge in [0.1, 0.15) is 5.75 Å². The maximum atomic E-state index is 13.7. The van der Waals surface area contributed by atoms with Gasteiger partial charge in [-0.1, -0.05) is 12.1 Å². The number of nitrogens with zero attached hydrogens (tertiary/aromatic N) is 2. The lowest BCUT2D eigenvalue weighted by atomic mass is 10.1. The zero-order chi connectivity index (χ0) is 21.6. The number of amides is 1. The first-order valence-electron chi connectivity index (χ1n) is 10.1. The molecular weight excluding hydrogens is 406 g/mol. The second kappa shape index (κ2) is 10.1. The number of carbonyl (C=O) groups excluding carboxylic acids is 1. The standard InChI is InChI=1S/C22H28FN2O4P/c1-3-29-30(23,27)17-12-18-4-6-19(7-5-18)22(26)25-15-13-24(14-16-25)20-8-10-21(28-2)11-9-20/h4-11H,3,12-17H2,1-2H3.